The Balaban J connectivity index is 1.26. The number of rotatable bonds is 6. The quantitative estimate of drug-likeness (QED) is 0.490. The van der Waals surface area contributed by atoms with Gasteiger partial charge in [0.2, 0.25) is 0 Å². The average molecular weight is 483 g/mol. The van der Waals surface area contributed by atoms with Gasteiger partial charge in [0, 0.05) is 30.5 Å². The molecule has 0 atom stereocenters. The van der Waals surface area contributed by atoms with E-state index < -0.39 is 30.2 Å². The maximum absolute atomic E-state index is 12.7. The third-order valence-corrected chi connectivity index (χ3v) is 5.86. The van der Waals surface area contributed by atoms with E-state index in [1.807, 2.05) is 53.4 Å². The van der Waals surface area contributed by atoms with Gasteiger partial charge in [0.05, 0.1) is 11.5 Å². The minimum Gasteiger partial charge on any atom is -0.455 e. The zero-order chi connectivity index (χ0) is 24.8. The van der Waals surface area contributed by atoms with E-state index in [0.717, 1.165) is 23.4 Å². The van der Waals surface area contributed by atoms with E-state index in [9.17, 15) is 22.8 Å². The fourth-order valence-corrected chi connectivity index (χ4v) is 3.99. The molecule has 9 heteroatoms. The summed E-state index contributed by atoms with van der Waals surface area (Å²) in [4.78, 5) is 30.6. The molecule has 4 rings (SSSR count). The monoisotopic (exact) mass is 483 g/mol. The van der Waals surface area contributed by atoms with Crippen molar-refractivity contribution >= 4 is 23.4 Å². The molecule has 1 aliphatic heterocycles. The fourth-order valence-electron chi connectivity index (χ4n) is 3.99. The number of halogens is 3. The molecule has 35 heavy (non-hydrogen) atoms. The second-order valence-corrected chi connectivity index (χ2v) is 8.23. The lowest BCUT2D eigenvalue weighted by Gasteiger charge is -2.31. The van der Waals surface area contributed by atoms with Crippen molar-refractivity contribution in [2.45, 2.75) is 19.0 Å². The number of aromatic nitrogens is 1. The number of amides is 1. The Morgan fingerprint density at radius 3 is 2.31 bits per heavy atom. The first kappa shape index (κ1) is 24.3. The van der Waals surface area contributed by atoms with Crippen LogP contribution in [0.4, 0.5) is 24.7 Å². The highest BCUT2D eigenvalue weighted by Crippen LogP contribution is 2.30. The fraction of sp³-hybridized carbons (Fsp3) is 0.269. The van der Waals surface area contributed by atoms with Crippen LogP contribution in [0.3, 0.4) is 0 Å². The van der Waals surface area contributed by atoms with E-state index in [4.69, 9.17) is 4.74 Å². The highest BCUT2D eigenvalue weighted by molar-refractivity contribution is 5.97. The Kier molecular flexibility index (Phi) is 7.33. The number of hydrogen-bond acceptors (Lipinski definition) is 5. The molecule has 2 heterocycles. The second kappa shape index (κ2) is 10.6. The zero-order valence-electron chi connectivity index (χ0n) is 18.8. The van der Waals surface area contributed by atoms with Crippen LogP contribution in [0.25, 0.3) is 11.1 Å². The number of hydrogen-bond donors (Lipinski definition) is 1. The molecular weight excluding hydrogens is 459 g/mol. The summed E-state index contributed by atoms with van der Waals surface area (Å²) in [5, 5.41) is 2.80. The number of carbonyl (C=O) groups is 2. The number of benzene rings is 2. The van der Waals surface area contributed by atoms with Gasteiger partial charge in [-0.3, -0.25) is 9.59 Å². The van der Waals surface area contributed by atoms with Crippen LogP contribution in [0, 0.1) is 5.92 Å². The number of para-hydroxylation sites is 1. The van der Waals surface area contributed by atoms with E-state index in [0.29, 0.717) is 37.4 Å². The number of carbonyl (C=O) groups excluding carboxylic acids is 2. The molecule has 3 aromatic rings. The summed E-state index contributed by atoms with van der Waals surface area (Å²) in [7, 11) is 0. The molecule has 1 aliphatic rings. The van der Waals surface area contributed by atoms with Gasteiger partial charge in [-0.05, 0) is 36.6 Å². The van der Waals surface area contributed by atoms with Crippen molar-refractivity contribution in [2.24, 2.45) is 5.92 Å². The molecular formula is C26H24F3N3O3. The normalized spacial score (nSPS) is 14.4. The van der Waals surface area contributed by atoms with Crippen molar-refractivity contribution in [3.8, 4) is 11.1 Å². The Bertz CT molecular complexity index is 1160. The summed E-state index contributed by atoms with van der Waals surface area (Å²) >= 11 is 0. The molecule has 1 fully saturated rings. The summed E-state index contributed by atoms with van der Waals surface area (Å²) in [6.07, 6.45) is -2.71. The summed E-state index contributed by atoms with van der Waals surface area (Å²) < 4.78 is 43.4. The maximum atomic E-state index is 12.7. The summed E-state index contributed by atoms with van der Waals surface area (Å²) in [6.45, 7) is 0.506. The minimum absolute atomic E-state index is 0.384. The Hall–Kier alpha value is -3.88. The average Bonchev–Trinajstić information content (AvgIpc) is 2.88. The zero-order valence-corrected chi connectivity index (χ0v) is 18.8. The van der Waals surface area contributed by atoms with E-state index in [1.54, 1.807) is 6.07 Å². The number of piperidine rings is 1. The number of esters is 1. The van der Waals surface area contributed by atoms with Crippen molar-refractivity contribution in [2.75, 3.05) is 29.9 Å². The van der Waals surface area contributed by atoms with Gasteiger partial charge in [-0.1, -0.05) is 48.5 Å². The first-order valence-corrected chi connectivity index (χ1v) is 11.2. The van der Waals surface area contributed by atoms with E-state index in [1.165, 1.54) is 6.07 Å². The third kappa shape index (κ3) is 6.17. The molecule has 0 radical (unpaired) electrons. The Morgan fingerprint density at radius 1 is 0.971 bits per heavy atom. The molecule has 6 nitrogen and oxygen atoms in total. The maximum Gasteiger partial charge on any atom is 0.417 e. The van der Waals surface area contributed by atoms with Gasteiger partial charge >= 0.3 is 12.1 Å². The van der Waals surface area contributed by atoms with Gasteiger partial charge in [0.1, 0.15) is 5.82 Å². The highest BCUT2D eigenvalue weighted by Gasteiger charge is 2.32. The van der Waals surface area contributed by atoms with Crippen molar-refractivity contribution < 1.29 is 27.5 Å². The molecule has 1 saturated heterocycles. The van der Waals surface area contributed by atoms with Crippen LogP contribution in [-0.2, 0) is 20.5 Å². The molecule has 1 N–H and O–H groups in total. The molecule has 0 unspecified atom stereocenters. The number of anilines is 2. The summed E-state index contributed by atoms with van der Waals surface area (Å²) in [5.74, 6) is -0.851. The Morgan fingerprint density at radius 2 is 1.66 bits per heavy atom. The van der Waals surface area contributed by atoms with Gasteiger partial charge in [0.15, 0.2) is 6.61 Å². The highest BCUT2D eigenvalue weighted by atomic mass is 19.4. The summed E-state index contributed by atoms with van der Waals surface area (Å²) in [6, 6.07) is 19.3. The van der Waals surface area contributed by atoms with Crippen LogP contribution >= 0.6 is 0 Å². The number of pyridine rings is 1. The lowest BCUT2D eigenvalue weighted by Crippen LogP contribution is -2.38. The predicted octanol–water partition coefficient (Wildman–Crippen LogP) is 5.17. The first-order chi connectivity index (χ1) is 16.8. The molecule has 0 saturated carbocycles. The standard InChI is InChI=1S/C26H24F3N3O3/c27-26(28,29)20-10-11-23(30-16-20)32-14-12-19(13-15-32)25(34)35-17-24(33)31-22-9-5-4-8-21(22)18-6-2-1-3-7-18/h1-11,16,19H,12-15,17H2,(H,31,33). The second-order valence-electron chi connectivity index (χ2n) is 8.23. The molecule has 0 bridgehead atoms. The van der Waals surface area contributed by atoms with E-state index in [-0.39, 0.29) is 5.92 Å². The Labute approximate surface area is 200 Å². The van der Waals surface area contributed by atoms with Gasteiger partial charge < -0.3 is 15.0 Å². The lowest BCUT2D eigenvalue weighted by atomic mass is 9.97. The largest absolute Gasteiger partial charge is 0.455 e. The molecule has 0 spiro atoms. The van der Waals surface area contributed by atoms with Crippen LogP contribution in [0.1, 0.15) is 18.4 Å². The number of nitrogens with one attached hydrogen (secondary N) is 1. The van der Waals surface area contributed by atoms with Crippen molar-refractivity contribution in [1.29, 1.82) is 0 Å². The van der Waals surface area contributed by atoms with Gasteiger partial charge in [-0.25, -0.2) is 4.98 Å². The molecule has 0 aliphatic carbocycles. The van der Waals surface area contributed by atoms with Crippen molar-refractivity contribution in [1.82, 2.24) is 4.98 Å². The van der Waals surface area contributed by atoms with E-state index >= 15 is 0 Å². The smallest absolute Gasteiger partial charge is 0.417 e. The van der Waals surface area contributed by atoms with E-state index in [2.05, 4.69) is 10.3 Å². The first-order valence-electron chi connectivity index (χ1n) is 11.2. The van der Waals surface area contributed by atoms with Gasteiger partial charge in [-0.2, -0.15) is 13.2 Å². The lowest BCUT2D eigenvalue weighted by molar-refractivity contribution is -0.152. The summed E-state index contributed by atoms with van der Waals surface area (Å²) in [5.41, 5.74) is 1.63. The molecule has 182 valence electrons. The van der Waals surface area contributed by atoms with Crippen LogP contribution in [0.15, 0.2) is 72.9 Å². The SMILES string of the molecule is O=C(COC(=O)C1CCN(c2ccc(C(F)(F)F)cn2)CC1)Nc1ccccc1-c1ccccc1. The molecule has 2 aromatic carbocycles. The topological polar surface area (TPSA) is 71.5 Å². The molecule has 1 amide bonds. The predicted molar refractivity (Wildman–Crippen MR) is 126 cm³/mol. The van der Waals surface area contributed by atoms with Crippen LogP contribution in [0.2, 0.25) is 0 Å². The van der Waals surface area contributed by atoms with Crippen LogP contribution in [-0.4, -0.2) is 36.6 Å². The van der Waals surface area contributed by atoms with Crippen molar-refractivity contribution in [3.05, 3.63) is 78.5 Å². The minimum atomic E-state index is -4.43. The van der Waals surface area contributed by atoms with Gasteiger partial charge in [-0.15, -0.1) is 0 Å². The van der Waals surface area contributed by atoms with Crippen LogP contribution < -0.4 is 10.2 Å². The van der Waals surface area contributed by atoms with Gasteiger partial charge in [0.25, 0.3) is 5.91 Å². The molecule has 1 aromatic heterocycles. The van der Waals surface area contributed by atoms with Crippen molar-refractivity contribution in [3.63, 3.8) is 0 Å². The number of nitrogens with zero attached hydrogens (tertiary/aromatic N) is 2. The number of ether oxygens (including phenoxy) is 1. The number of alkyl halides is 3. The van der Waals surface area contributed by atoms with Crippen LogP contribution in [0.5, 0.6) is 0 Å². The third-order valence-electron chi connectivity index (χ3n) is 5.86.